The van der Waals surface area contributed by atoms with E-state index in [4.69, 9.17) is 0 Å². The molecule has 0 aromatic carbocycles. The predicted molar refractivity (Wildman–Crippen MR) is 70.0 cm³/mol. The molecule has 1 atom stereocenters. The van der Waals surface area contributed by atoms with Gasteiger partial charge in [-0.3, -0.25) is 4.68 Å². The lowest BCUT2D eigenvalue weighted by Gasteiger charge is -2.17. The predicted octanol–water partition coefficient (Wildman–Crippen LogP) is 1.65. The number of hydrogen-bond acceptors (Lipinski definition) is 3. The van der Waals surface area contributed by atoms with Crippen molar-refractivity contribution < 1.29 is 0 Å². The normalized spacial score (nSPS) is 18.7. The van der Waals surface area contributed by atoms with Crippen LogP contribution < -0.4 is 5.32 Å². The highest BCUT2D eigenvalue weighted by Crippen LogP contribution is 2.11. The third-order valence-electron chi connectivity index (χ3n) is 3.55. The Kier molecular flexibility index (Phi) is 4.57. The van der Waals surface area contributed by atoms with E-state index >= 15 is 0 Å². The van der Waals surface area contributed by atoms with E-state index < -0.39 is 0 Å². The third-order valence-corrected chi connectivity index (χ3v) is 3.55. The molecular weight excluding hydrogens is 212 g/mol. The van der Waals surface area contributed by atoms with Crippen LogP contribution in [-0.4, -0.2) is 40.9 Å². The van der Waals surface area contributed by atoms with Gasteiger partial charge in [-0.1, -0.05) is 0 Å². The van der Waals surface area contributed by atoms with Crippen LogP contribution in [0.25, 0.3) is 0 Å². The number of nitrogens with zero attached hydrogens (tertiary/aromatic N) is 3. The van der Waals surface area contributed by atoms with Crippen LogP contribution in [0.3, 0.4) is 0 Å². The Labute approximate surface area is 104 Å². The largest absolute Gasteiger partial charge is 0.309 e. The zero-order valence-corrected chi connectivity index (χ0v) is 11.0. The fourth-order valence-corrected chi connectivity index (χ4v) is 2.34. The smallest absolute Gasteiger partial charge is 0.0537 e. The van der Waals surface area contributed by atoms with Gasteiger partial charge in [0.05, 0.1) is 6.20 Å². The molecule has 1 aliphatic rings. The van der Waals surface area contributed by atoms with Gasteiger partial charge in [-0.15, -0.1) is 0 Å². The number of likely N-dealkylation sites (tertiary alicyclic amines) is 1. The van der Waals surface area contributed by atoms with Crippen LogP contribution in [0, 0.1) is 0 Å². The zero-order valence-electron chi connectivity index (χ0n) is 11.0. The van der Waals surface area contributed by atoms with Crippen LogP contribution in [-0.2, 0) is 6.54 Å². The topological polar surface area (TPSA) is 33.1 Å². The van der Waals surface area contributed by atoms with Gasteiger partial charge < -0.3 is 10.2 Å². The molecule has 2 heterocycles. The Balaban J connectivity index is 1.70. The minimum absolute atomic E-state index is 0.401. The Morgan fingerprint density at radius 2 is 2.18 bits per heavy atom. The van der Waals surface area contributed by atoms with Crippen molar-refractivity contribution in [1.29, 1.82) is 0 Å². The van der Waals surface area contributed by atoms with E-state index in [1.807, 2.05) is 10.9 Å². The summed E-state index contributed by atoms with van der Waals surface area (Å²) in [6.07, 6.45) is 6.85. The van der Waals surface area contributed by atoms with E-state index in [1.165, 1.54) is 38.0 Å². The van der Waals surface area contributed by atoms with E-state index in [-0.39, 0.29) is 0 Å². The summed E-state index contributed by atoms with van der Waals surface area (Å²) >= 11 is 0. The van der Waals surface area contributed by atoms with Crippen molar-refractivity contribution in [3.8, 4) is 0 Å². The second-order valence-electron chi connectivity index (χ2n) is 4.85. The molecule has 0 aliphatic carbocycles. The van der Waals surface area contributed by atoms with Gasteiger partial charge in [0.2, 0.25) is 0 Å². The molecule has 1 unspecified atom stereocenters. The standard InChI is InChI=1S/C13H24N4/c1-3-17-11-13(10-15-17)12(2)14-6-9-16-7-4-5-8-16/h10-12,14H,3-9H2,1-2H3. The fraction of sp³-hybridized carbons (Fsp3) is 0.769. The van der Waals surface area contributed by atoms with Gasteiger partial charge in [0.1, 0.15) is 0 Å². The van der Waals surface area contributed by atoms with Gasteiger partial charge in [0.25, 0.3) is 0 Å². The van der Waals surface area contributed by atoms with Crippen LogP contribution in [0.5, 0.6) is 0 Å². The SMILES string of the molecule is CCn1cc(C(C)NCCN2CCCC2)cn1. The molecule has 1 aliphatic heterocycles. The van der Waals surface area contributed by atoms with Crippen molar-refractivity contribution in [2.45, 2.75) is 39.3 Å². The molecule has 17 heavy (non-hydrogen) atoms. The van der Waals surface area contributed by atoms with E-state index in [2.05, 4.69) is 35.4 Å². The quantitative estimate of drug-likeness (QED) is 0.815. The maximum absolute atomic E-state index is 4.31. The molecule has 1 saturated heterocycles. The zero-order chi connectivity index (χ0) is 12.1. The first-order chi connectivity index (χ1) is 8.29. The van der Waals surface area contributed by atoms with Gasteiger partial charge in [-0.05, 0) is 39.8 Å². The van der Waals surface area contributed by atoms with Crippen LogP contribution in [0.4, 0.5) is 0 Å². The molecule has 0 saturated carbocycles. The van der Waals surface area contributed by atoms with Gasteiger partial charge in [-0.2, -0.15) is 5.10 Å². The second kappa shape index (κ2) is 6.17. The maximum Gasteiger partial charge on any atom is 0.0537 e. The van der Waals surface area contributed by atoms with Crippen molar-refractivity contribution in [1.82, 2.24) is 20.0 Å². The van der Waals surface area contributed by atoms with E-state index in [1.54, 1.807) is 0 Å². The monoisotopic (exact) mass is 236 g/mol. The summed E-state index contributed by atoms with van der Waals surface area (Å²) in [7, 11) is 0. The highest BCUT2D eigenvalue weighted by Gasteiger charge is 2.12. The van der Waals surface area contributed by atoms with Crippen molar-refractivity contribution >= 4 is 0 Å². The molecule has 0 amide bonds. The third kappa shape index (κ3) is 3.54. The number of rotatable bonds is 6. The van der Waals surface area contributed by atoms with Crippen LogP contribution in [0.1, 0.15) is 38.3 Å². The van der Waals surface area contributed by atoms with Crippen molar-refractivity contribution in [2.24, 2.45) is 0 Å². The maximum atomic E-state index is 4.31. The first-order valence-electron chi connectivity index (χ1n) is 6.77. The van der Waals surface area contributed by atoms with E-state index in [0.717, 1.165) is 13.1 Å². The highest BCUT2D eigenvalue weighted by atomic mass is 15.3. The Bertz CT molecular complexity index is 328. The molecular formula is C13H24N4. The summed E-state index contributed by atoms with van der Waals surface area (Å²) in [5, 5.41) is 7.88. The van der Waals surface area contributed by atoms with Crippen molar-refractivity contribution in [3.05, 3.63) is 18.0 Å². The molecule has 4 nitrogen and oxygen atoms in total. The molecule has 1 fully saturated rings. The molecule has 96 valence electrons. The van der Waals surface area contributed by atoms with Crippen molar-refractivity contribution in [3.63, 3.8) is 0 Å². The first kappa shape index (κ1) is 12.6. The average Bonchev–Trinajstić information content (AvgIpc) is 2.99. The number of aromatic nitrogens is 2. The van der Waals surface area contributed by atoms with E-state index in [0.29, 0.717) is 6.04 Å². The summed E-state index contributed by atoms with van der Waals surface area (Å²) in [6, 6.07) is 0.401. The fourth-order valence-electron chi connectivity index (χ4n) is 2.34. The van der Waals surface area contributed by atoms with Gasteiger partial charge in [0.15, 0.2) is 0 Å². The summed E-state index contributed by atoms with van der Waals surface area (Å²) in [5.41, 5.74) is 1.29. The molecule has 0 spiro atoms. The van der Waals surface area contributed by atoms with Crippen LogP contribution in [0.15, 0.2) is 12.4 Å². The van der Waals surface area contributed by atoms with Crippen molar-refractivity contribution in [2.75, 3.05) is 26.2 Å². The molecule has 2 rings (SSSR count). The lowest BCUT2D eigenvalue weighted by atomic mass is 10.2. The summed E-state index contributed by atoms with van der Waals surface area (Å²) in [6.45, 7) is 10.1. The van der Waals surface area contributed by atoms with Crippen LogP contribution >= 0.6 is 0 Å². The molecule has 1 aromatic heterocycles. The Hall–Kier alpha value is -0.870. The minimum Gasteiger partial charge on any atom is -0.309 e. The average molecular weight is 236 g/mol. The highest BCUT2D eigenvalue weighted by molar-refractivity contribution is 5.09. The minimum atomic E-state index is 0.401. The van der Waals surface area contributed by atoms with Gasteiger partial charge in [-0.25, -0.2) is 0 Å². The van der Waals surface area contributed by atoms with E-state index in [9.17, 15) is 0 Å². The lowest BCUT2D eigenvalue weighted by Crippen LogP contribution is -2.31. The van der Waals surface area contributed by atoms with Gasteiger partial charge in [0, 0.05) is 37.4 Å². The summed E-state index contributed by atoms with van der Waals surface area (Å²) in [5.74, 6) is 0. The second-order valence-corrected chi connectivity index (χ2v) is 4.85. The molecule has 0 radical (unpaired) electrons. The first-order valence-corrected chi connectivity index (χ1v) is 6.77. The molecule has 4 heteroatoms. The number of nitrogens with one attached hydrogen (secondary N) is 1. The van der Waals surface area contributed by atoms with Gasteiger partial charge >= 0.3 is 0 Å². The Morgan fingerprint density at radius 1 is 1.41 bits per heavy atom. The summed E-state index contributed by atoms with van der Waals surface area (Å²) in [4.78, 5) is 2.54. The number of aryl methyl sites for hydroxylation is 1. The molecule has 0 bridgehead atoms. The number of hydrogen-bond donors (Lipinski definition) is 1. The molecule has 1 N–H and O–H groups in total. The molecule has 1 aromatic rings. The summed E-state index contributed by atoms with van der Waals surface area (Å²) < 4.78 is 1.98. The van der Waals surface area contributed by atoms with Crippen LogP contribution in [0.2, 0.25) is 0 Å². The Morgan fingerprint density at radius 3 is 2.82 bits per heavy atom. The lowest BCUT2D eigenvalue weighted by molar-refractivity contribution is 0.330.